The molecule has 3 aliphatic rings. The first-order valence-electron chi connectivity index (χ1n) is 4.71. The van der Waals surface area contributed by atoms with E-state index in [0.717, 1.165) is 6.42 Å². The van der Waals surface area contributed by atoms with Crippen LogP contribution in [0.5, 0.6) is 0 Å². The summed E-state index contributed by atoms with van der Waals surface area (Å²) >= 11 is 0. The number of ether oxygens (including phenoxy) is 3. The van der Waals surface area contributed by atoms with Crippen molar-refractivity contribution in [3.05, 3.63) is 0 Å². The van der Waals surface area contributed by atoms with E-state index in [1.807, 2.05) is 0 Å². The Hall–Kier alpha value is -0.185. The van der Waals surface area contributed by atoms with Crippen molar-refractivity contribution in [2.45, 2.75) is 24.1 Å². The van der Waals surface area contributed by atoms with Crippen LogP contribution in [-0.4, -0.2) is 50.9 Å². The molecule has 0 radical (unpaired) electrons. The molecule has 0 amide bonds. The molecule has 0 spiro atoms. The molecule has 0 aromatic heterocycles. The van der Waals surface area contributed by atoms with Crippen molar-refractivity contribution in [1.29, 1.82) is 0 Å². The summed E-state index contributed by atoms with van der Waals surface area (Å²) in [4.78, 5) is 0. The van der Waals surface area contributed by atoms with Crippen LogP contribution in [0.25, 0.3) is 0 Å². The molecule has 4 atom stereocenters. The Morgan fingerprint density at radius 2 is 2.46 bits per heavy atom. The molecular formula is C9H13BO3. The summed E-state index contributed by atoms with van der Waals surface area (Å²) in [6.45, 7) is 2.87. The van der Waals surface area contributed by atoms with Crippen molar-refractivity contribution in [2.24, 2.45) is 5.92 Å². The number of fused-ring (bicyclic) bond motifs is 1. The van der Waals surface area contributed by atoms with Gasteiger partial charge < -0.3 is 0 Å². The van der Waals surface area contributed by atoms with E-state index in [9.17, 15) is 0 Å². The van der Waals surface area contributed by atoms with E-state index in [0.29, 0.717) is 18.5 Å². The SMILES string of the molecule is COC[C@]12CC3=B[C@H](O1)[C@H]3C2OC. The zero-order chi connectivity index (χ0) is 9.05. The van der Waals surface area contributed by atoms with Gasteiger partial charge in [0, 0.05) is 0 Å². The Morgan fingerprint density at radius 3 is 3.00 bits per heavy atom. The van der Waals surface area contributed by atoms with Crippen LogP contribution >= 0.6 is 0 Å². The Morgan fingerprint density at radius 1 is 1.62 bits per heavy atom. The van der Waals surface area contributed by atoms with Crippen LogP contribution in [0.3, 0.4) is 0 Å². The molecule has 2 fully saturated rings. The molecule has 1 saturated heterocycles. The summed E-state index contributed by atoms with van der Waals surface area (Å²) in [6.07, 6.45) is 1.22. The Balaban J connectivity index is 1.93. The molecule has 0 N–H and O–H groups in total. The second-order valence-electron chi connectivity index (χ2n) is 4.18. The van der Waals surface area contributed by atoms with Crippen LogP contribution in [0.4, 0.5) is 0 Å². The summed E-state index contributed by atoms with van der Waals surface area (Å²) in [7, 11) is 3.48. The minimum absolute atomic E-state index is 0.164. The standard InChI is InChI=1S/C9H13BO3/c1-11-4-9-3-5-6(7(9)12-2)8(10-5)13-9/h6-8H,3-4H2,1-2H3/t6-,7?,8-,9+/m1/s1. The van der Waals surface area contributed by atoms with Crippen LogP contribution in [0.2, 0.25) is 0 Å². The monoisotopic (exact) mass is 180 g/mol. The normalized spacial score (nSPS) is 50.0. The Bertz CT molecular complexity index is 278. The first-order valence-corrected chi connectivity index (χ1v) is 4.71. The van der Waals surface area contributed by atoms with E-state index < -0.39 is 0 Å². The van der Waals surface area contributed by atoms with Crippen LogP contribution < -0.4 is 0 Å². The van der Waals surface area contributed by atoms with Crippen LogP contribution in [0.1, 0.15) is 6.42 Å². The number of hydrogen-bond acceptors (Lipinski definition) is 3. The van der Waals surface area contributed by atoms with E-state index in [2.05, 4.69) is 6.92 Å². The first kappa shape index (κ1) is 8.15. The molecule has 13 heavy (non-hydrogen) atoms. The molecular weight excluding hydrogens is 167 g/mol. The topological polar surface area (TPSA) is 27.7 Å². The number of methoxy groups -OCH3 is 2. The summed E-state index contributed by atoms with van der Waals surface area (Å²) in [5, 5.41) is 0. The molecule has 3 nitrogen and oxygen atoms in total. The molecule has 0 aromatic carbocycles. The van der Waals surface area contributed by atoms with Gasteiger partial charge >= 0.3 is 77.5 Å². The summed E-state index contributed by atoms with van der Waals surface area (Å²) in [5.41, 5.74) is 1.35. The van der Waals surface area contributed by atoms with Gasteiger partial charge in [-0.2, -0.15) is 0 Å². The van der Waals surface area contributed by atoms with Crippen LogP contribution in [0, 0.1) is 5.92 Å². The van der Waals surface area contributed by atoms with Crippen molar-refractivity contribution < 1.29 is 14.2 Å². The predicted molar refractivity (Wildman–Crippen MR) is 49.1 cm³/mol. The third kappa shape index (κ3) is 0.796. The van der Waals surface area contributed by atoms with Gasteiger partial charge in [-0.1, -0.05) is 0 Å². The van der Waals surface area contributed by atoms with Gasteiger partial charge in [0.1, 0.15) is 0 Å². The first-order chi connectivity index (χ1) is 6.30. The van der Waals surface area contributed by atoms with E-state index in [-0.39, 0.29) is 11.7 Å². The van der Waals surface area contributed by atoms with Crippen molar-refractivity contribution in [1.82, 2.24) is 0 Å². The van der Waals surface area contributed by atoms with Crippen molar-refractivity contribution in [3.63, 3.8) is 0 Å². The molecule has 3 rings (SSSR count). The molecule has 2 aliphatic heterocycles. The van der Waals surface area contributed by atoms with E-state index in [1.165, 1.54) is 5.46 Å². The van der Waals surface area contributed by atoms with Gasteiger partial charge in [0.2, 0.25) is 0 Å². The molecule has 2 bridgehead atoms. The van der Waals surface area contributed by atoms with Crippen molar-refractivity contribution >= 4 is 12.4 Å². The van der Waals surface area contributed by atoms with Gasteiger partial charge in [-0.25, -0.2) is 0 Å². The zero-order valence-electron chi connectivity index (χ0n) is 7.95. The molecule has 1 aliphatic carbocycles. The third-order valence-electron chi connectivity index (χ3n) is 3.52. The summed E-state index contributed by atoms with van der Waals surface area (Å²) in [5.74, 6) is 0.528. The maximum absolute atomic E-state index is 5.93. The van der Waals surface area contributed by atoms with E-state index in [1.54, 1.807) is 14.2 Å². The van der Waals surface area contributed by atoms with Gasteiger partial charge in [0.25, 0.3) is 0 Å². The summed E-state index contributed by atoms with van der Waals surface area (Å²) < 4.78 is 16.7. The van der Waals surface area contributed by atoms with Crippen molar-refractivity contribution in [2.75, 3.05) is 20.8 Å². The second kappa shape index (κ2) is 2.44. The van der Waals surface area contributed by atoms with E-state index in [4.69, 9.17) is 14.2 Å². The predicted octanol–water partition coefficient (Wildman–Crippen LogP) is -0.347. The van der Waals surface area contributed by atoms with Gasteiger partial charge in [-0.05, 0) is 0 Å². The minimum atomic E-state index is -0.164. The number of hydrogen-bond donors (Lipinski definition) is 0. The van der Waals surface area contributed by atoms with Crippen LogP contribution in [0.15, 0.2) is 0 Å². The van der Waals surface area contributed by atoms with E-state index >= 15 is 0 Å². The Labute approximate surface area is 78.3 Å². The quantitative estimate of drug-likeness (QED) is 0.555. The fraction of sp³-hybridized carbons (Fsp3) is 0.889. The fourth-order valence-corrected chi connectivity index (χ4v) is 3.10. The fourth-order valence-electron chi connectivity index (χ4n) is 3.10. The zero-order valence-corrected chi connectivity index (χ0v) is 7.95. The average Bonchev–Trinajstić information content (AvgIpc) is 2.49. The Kier molecular flexibility index (Phi) is 1.53. The van der Waals surface area contributed by atoms with Gasteiger partial charge in [0.15, 0.2) is 0 Å². The molecule has 1 saturated carbocycles. The molecule has 4 heteroatoms. The summed E-state index contributed by atoms with van der Waals surface area (Å²) in [6, 6.07) is 0.309. The molecule has 70 valence electrons. The molecule has 2 heterocycles. The maximum atomic E-state index is 5.93. The van der Waals surface area contributed by atoms with Gasteiger partial charge in [-0.3, -0.25) is 0 Å². The van der Waals surface area contributed by atoms with Gasteiger partial charge in [0.05, 0.1) is 0 Å². The average molecular weight is 180 g/mol. The molecule has 0 aromatic rings. The second-order valence-corrected chi connectivity index (χ2v) is 4.18. The van der Waals surface area contributed by atoms with Crippen LogP contribution in [-0.2, 0) is 14.2 Å². The number of rotatable bonds is 3. The molecule has 1 unspecified atom stereocenters. The van der Waals surface area contributed by atoms with Gasteiger partial charge in [-0.15, -0.1) is 0 Å². The van der Waals surface area contributed by atoms with Crippen molar-refractivity contribution in [3.8, 4) is 0 Å². The third-order valence-corrected chi connectivity index (χ3v) is 3.52.